The van der Waals surface area contributed by atoms with Gasteiger partial charge in [0.1, 0.15) is 5.75 Å². The zero-order chi connectivity index (χ0) is 15.2. The number of benzene rings is 1. The molecule has 2 fully saturated rings. The van der Waals surface area contributed by atoms with Crippen LogP contribution in [0.25, 0.3) is 0 Å². The first-order valence-electron chi connectivity index (χ1n) is 8.00. The van der Waals surface area contributed by atoms with Gasteiger partial charge in [0, 0.05) is 25.6 Å². The molecule has 6 heteroatoms. The Bertz CT molecular complexity index is 663. The standard InChI is InChI=1S/C16H21NO4S/c18-22(19,15-3-4-16-13(9-15)6-8-21-16)17(14-1-2-14)10-12-5-7-20-11-12/h3-4,9,12,14H,1-2,5-8,10-11H2. The van der Waals surface area contributed by atoms with Crippen LogP contribution in [0.5, 0.6) is 5.75 Å². The van der Waals surface area contributed by atoms with Gasteiger partial charge in [0.2, 0.25) is 10.0 Å². The van der Waals surface area contributed by atoms with Gasteiger partial charge in [-0.3, -0.25) is 0 Å². The van der Waals surface area contributed by atoms with Crippen molar-refractivity contribution in [2.75, 3.05) is 26.4 Å². The minimum absolute atomic E-state index is 0.176. The summed E-state index contributed by atoms with van der Waals surface area (Å²) in [6.07, 6.45) is 3.69. The Hall–Kier alpha value is -1.11. The maximum Gasteiger partial charge on any atom is 0.243 e. The topological polar surface area (TPSA) is 55.8 Å². The lowest BCUT2D eigenvalue weighted by Crippen LogP contribution is -2.37. The summed E-state index contributed by atoms with van der Waals surface area (Å²) in [6.45, 7) is 2.65. The van der Waals surface area contributed by atoms with Crippen LogP contribution in [0.2, 0.25) is 0 Å². The molecule has 2 aliphatic heterocycles. The molecule has 1 saturated heterocycles. The Morgan fingerprint density at radius 1 is 1.18 bits per heavy atom. The fourth-order valence-electron chi connectivity index (χ4n) is 3.25. The molecule has 3 aliphatic rings. The molecule has 120 valence electrons. The number of ether oxygens (including phenoxy) is 2. The first-order valence-corrected chi connectivity index (χ1v) is 9.44. The quantitative estimate of drug-likeness (QED) is 0.829. The highest BCUT2D eigenvalue weighted by Gasteiger charge is 2.40. The summed E-state index contributed by atoms with van der Waals surface area (Å²) in [6, 6.07) is 5.44. The average Bonchev–Trinajstić information content (AvgIpc) is 3.02. The van der Waals surface area contributed by atoms with E-state index in [1.54, 1.807) is 22.5 Å². The van der Waals surface area contributed by atoms with E-state index in [0.717, 1.165) is 43.6 Å². The van der Waals surface area contributed by atoms with Crippen molar-refractivity contribution in [2.24, 2.45) is 5.92 Å². The van der Waals surface area contributed by atoms with Gasteiger partial charge in [-0.15, -0.1) is 0 Å². The molecule has 0 bridgehead atoms. The van der Waals surface area contributed by atoms with Crippen LogP contribution < -0.4 is 4.74 Å². The maximum atomic E-state index is 13.0. The largest absolute Gasteiger partial charge is 0.493 e. The molecule has 22 heavy (non-hydrogen) atoms. The van der Waals surface area contributed by atoms with E-state index in [-0.39, 0.29) is 6.04 Å². The van der Waals surface area contributed by atoms with E-state index in [1.165, 1.54) is 0 Å². The van der Waals surface area contributed by atoms with E-state index in [4.69, 9.17) is 9.47 Å². The van der Waals surface area contributed by atoms with Crippen LogP contribution in [0, 0.1) is 5.92 Å². The van der Waals surface area contributed by atoms with Crippen molar-refractivity contribution in [3.63, 3.8) is 0 Å². The Kier molecular flexibility index (Phi) is 3.63. The normalized spacial score (nSPS) is 24.5. The zero-order valence-corrected chi connectivity index (χ0v) is 13.3. The highest BCUT2D eigenvalue weighted by atomic mass is 32.2. The molecule has 0 N–H and O–H groups in total. The predicted octanol–water partition coefficient (Wildman–Crippen LogP) is 1.81. The van der Waals surface area contributed by atoms with Gasteiger partial charge >= 0.3 is 0 Å². The lowest BCUT2D eigenvalue weighted by molar-refractivity contribution is 0.180. The molecule has 2 heterocycles. The summed E-state index contributed by atoms with van der Waals surface area (Å²) < 4.78 is 38.7. The number of nitrogens with zero attached hydrogens (tertiary/aromatic N) is 1. The molecule has 0 spiro atoms. The van der Waals surface area contributed by atoms with E-state index >= 15 is 0 Å². The third-order valence-corrected chi connectivity index (χ3v) is 6.60. The fraction of sp³-hybridized carbons (Fsp3) is 0.625. The van der Waals surface area contributed by atoms with Crippen LogP contribution in [-0.2, 0) is 21.2 Å². The highest BCUT2D eigenvalue weighted by molar-refractivity contribution is 7.89. The molecule has 1 aliphatic carbocycles. The van der Waals surface area contributed by atoms with Crippen LogP contribution in [0.3, 0.4) is 0 Å². The van der Waals surface area contributed by atoms with Crippen molar-refractivity contribution < 1.29 is 17.9 Å². The molecule has 1 aromatic rings. The Labute approximate surface area is 131 Å². The molecule has 0 radical (unpaired) electrons. The Morgan fingerprint density at radius 3 is 2.77 bits per heavy atom. The van der Waals surface area contributed by atoms with Crippen molar-refractivity contribution in [1.29, 1.82) is 0 Å². The van der Waals surface area contributed by atoms with Gasteiger partial charge < -0.3 is 9.47 Å². The number of hydrogen-bond donors (Lipinski definition) is 0. The van der Waals surface area contributed by atoms with Gasteiger partial charge in [-0.05, 0) is 48.9 Å². The molecule has 4 rings (SSSR count). The minimum atomic E-state index is -3.42. The van der Waals surface area contributed by atoms with E-state index in [2.05, 4.69) is 0 Å². The summed E-state index contributed by atoms with van der Waals surface area (Å²) in [4.78, 5) is 0.405. The molecule has 0 amide bonds. The summed E-state index contributed by atoms with van der Waals surface area (Å²) in [5.41, 5.74) is 1.00. The third kappa shape index (κ3) is 2.64. The fourth-order valence-corrected chi connectivity index (χ4v) is 5.06. The molecule has 1 saturated carbocycles. The first-order chi connectivity index (χ1) is 10.6. The minimum Gasteiger partial charge on any atom is -0.493 e. The lowest BCUT2D eigenvalue weighted by atomic mass is 10.1. The molecule has 5 nitrogen and oxygen atoms in total. The first kappa shape index (κ1) is 14.5. The van der Waals surface area contributed by atoms with E-state index in [9.17, 15) is 8.42 Å². The Morgan fingerprint density at radius 2 is 2.05 bits per heavy atom. The van der Waals surface area contributed by atoms with Gasteiger partial charge in [-0.1, -0.05) is 0 Å². The predicted molar refractivity (Wildman–Crippen MR) is 81.5 cm³/mol. The summed E-state index contributed by atoms with van der Waals surface area (Å²) in [7, 11) is -3.42. The highest BCUT2D eigenvalue weighted by Crippen LogP contribution is 2.35. The third-order valence-electron chi connectivity index (χ3n) is 4.68. The average molecular weight is 323 g/mol. The second-order valence-corrected chi connectivity index (χ2v) is 8.29. The van der Waals surface area contributed by atoms with Crippen LogP contribution in [0.4, 0.5) is 0 Å². The molecule has 1 aromatic carbocycles. The van der Waals surface area contributed by atoms with Crippen molar-refractivity contribution >= 4 is 10.0 Å². The van der Waals surface area contributed by atoms with Gasteiger partial charge in [-0.25, -0.2) is 8.42 Å². The second kappa shape index (κ2) is 5.51. The second-order valence-electron chi connectivity index (χ2n) is 6.40. The van der Waals surface area contributed by atoms with Gasteiger partial charge in [0.05, 0.1) is 18.1 Å². The van der Waals surface area contributed by atoms with Gasteiger partial charge in [-0.2, -0.15) is 4.31 Å². The van der Waals surface area contributed by atoms with Crippen molar-refractivity contribution in [3.8, 4) is 5.75 Å². The monoisotopic (exact) mass is 323 g/mol. The molecular formula is C16H21NO4S. The SMILES string of the molecule is O=S(=O)(c1ccc2c(c1)CCO2)N(CC1CCOC1)C1CC1. The smallest absolute Gasteiger partial charge is 0.243 e. The van der Waals surface area contributed by atoms with Crippen LogP contribution >= 0.6 is 0 Å². The molecule has 1 atom stereocenters. The van der Waals surface area contributed by atoms with Gasteiger partial charge in [0.15, 0.2) is 0 Å². The van der Waals surface area contributed by atoms with Gasteiger partial charge in [0.25, 0.3) is 0 Å². The van der Waals surface area contributed by atoms with Crippen molar-refractivity contribution in [2.45, 2.75) is 36.6 Å². The number of hydrogen-bond acceptors (Lipinski definition) is 4. The number of fused-ring (bicyclic) bond motifs is 1. The summed E-state index contributed by atoms with van der Waals surface area (Å²) >= 11 is 0. The molecule has 1 unspecified atom stereocenters. The number of sulfonamides is 1. The summed E-state index contributed by atoms with van der Waals surface area (Å²) in [5.74, 6) is 1.15. The van der Waals surface area contributed by atoms with Crippen LogP contribution in [0.1, 0.15) is 24.8 Å². The zero-order valence-electron chi connectivity index (χ0n) is 12.5. The summed E-state index contributed by atoms with van der Waals surface area (Å²) in [5, 5.41) is 0. The Balaban J connectivity index is 1.62. The van der Waals surface area contributed by atoms with E-state index in [1.807, 2.05) is 0 Å². The number of rotatable bonds is 5. The molecule has 0 aromatic heterocycles. The van der Waals surface area contributed by atoms with Crippen molar-refractivity contribution in [1.82, 2.24) is 4.31 Å². The lowest BCUT2D eigenvalue weighted by Gasteiger charge is -2.24. The van der Waals surface area contributed by atoms with Crippen LogP contribution in [0.15, 0.2) is 23.1 Å². The van der Waals surface area contributed by atoms with E-state index in [0.29, 0.717) is 30.6 Å². The maximum absolute atomic E-state index is 13.0. The molecular weight excluding hydrogens is 302 g/mol. The van der Waals surface area contributed by atoms with Crippen LogP contribution in [-0.4, -0.2) is 45.1 Å². The van der Waals surface area contributed by atoms with Crippen molar-refractivity contribution in [3.05, 3.63) is 23.8 Å². The van der Waals surface area contributed by atoms with E-state index < -0.39 is 10.0 Å².